The highest BCUT2D eigenvalue weighted by molar-refractivity contribution is 9.10. The molecule has 28 heavy (non-hydrogen) atoms. The quantitative estimate of drug-likeness (QED) is 0.541. The molecule has 0 N–H and O–H groups in total. The molecule has 0 bridgehead atoms. The monoisotopic (exact) mass is 437 g/mol. The van der Waals surface area contributed by atoms with Crippen molar-refractivity contribution in [3.8, 4) is 0 Å². The molecule has 2 aliphatic rings. The molecule has 4 heteroatoms. The average molecular weight is 438 g/mol. The van der Waals surface area contributed by atoms with Gasteiger partial charge in [0.2, 0.25) is 0 Å². The van der Waals surface area contributed by atoms with Gasteiger partial charge in [0.25, 0.3) is 0 Å². The number of aryl methyl sites for hydroxylation is 2. The molecule has 0 spiro atoms. The van der Waals surface area contributed by atoms with Crippen LogP contribution in [0, 0.1) is 19.8 Å². The standard InChI is InChI=1S/C24H28BrN3/c1-16-3-6-24-23(11-16)26-17(2)28(24)22-7-9-27(10-8-22)15-18-12-19-4-5-21(25)14-20(19)13-18/h3-6,11,14,18,22H,7-10,12-13,15H2,1-2H3/t18-/m1/s1. The number of piperidine rings is 1. The molecule has 5 rings (SSSR count). The van der Waals surface area contributed by atoms with E-state index in [1.165, 1.54) is 60.9 Å². The molecule has 0 saturated carbocycles. The van der Waals surface area contributed by atoms with Crippen LogP contribution in [0.1, 0.15) is 41.4 Å². The molecule has 0 amide bonds. The van der Waals surface area contributed by atoms with Gasteiger partial charge in [0.05, 0.1) is 11.0 Å². The molecule has 2 aromatic carbocycles. The van der Waals surface area contributed by atoms with E-state index < -0.39 is 0 Å². The Balaban J connectivity index is 1.23. The number of likely N-dealkylation sites (tertiary alicyclic amines) is 1. The van der Waals surface area contributed by atoms with Crippen molar-refractivity contribution >= 4 is 27.0 Å². The molecule has 1 atom stereocenters. The van der Waals surface area contributed by atoms with Crippen molar-refractivity contribution in [2.24, 2.45) is 5.92 Å². The Morgan fingerprint density at radius 1 is 1.00 bits per heavy atom. The number of aromatic nitrogens is 2. The Morgan fingerprint density at radius 3 is 2.61 bits per heavy atom. The molecule has 146 valence electrons. The van der Waals surface area contributed by atoms with Gasteiger partial charge in [0.1, 0.15) is 5.82 Å². The zero-order valence-corrected chi connectivity index (χ0v) is 18.4. The fourth-order valence-electron chi connectivity index (χ4n) is 5.32. The summed E-state index contributed by atoms with van der Waals surface area (Å²) in [7, 11) is 0. The number of benzene rings is 2. The van der Waals surface area contributed by atoms with E-state index in [0.717, 1.165) is 17.3 Å². The SMILES string of the molecule is Cc1ccc2c(c1)nc(C)n2C1CCN(C[C@@H]2Cc3ccc(Br)cc3C2)CC1. The Morgan fingerprint density at radius 2 is 1.79 bits per heavy atom. The van der Waals surface area contributed by atoms with Gasteiger partial charge in [-0.2, -0.15) is 0 Å². The minimum atomic E-state index is 0.584. The van der Waals surface area contributed by atoms with Gasteiger partial charge in [-0.1, -0.05) is 28.1 Å². The largest absolute Gasteiger partial charge is 0.325 e. The number of hydrogen-bond donors (Lipinski definition) is 0. The third-order valence-electron chi connectivity index (χ3n) is 6.65. The molecule has 0 radical (unpaired) electrons. The lowest BCUT2D eigenvalue weighted by Crippen LogP contribution is -2.38. The van der Waals surface area contributed by atoms with Crippen LogP contribution in [0.3, 0.4) is 0 Å². The van der Waals surface area contributed by atoms with Gasteiger partial charge in [0, 0.05) is 30.1 Å². The summed E-state index contributed by atoms with van der Waals surface area (Å²) in [6, 6.07) is 14.1. The van der Waals surface area contributed by atoms with E-state index in [1.807, 2.05) is 0 Å². The van der Waals surface area contributed by atoms with Crippen LogP contribution in [0.2, 0.25) is 0 Å². The fourth-order valence-corrected chi connectivity index (χ4v) is 5.73. The van der Waals surface area contributed by atoms with Crippen molar-refractivity contribution in [2.45, 2.75) is 45.6 Å². The maximum absolute atomic E-state index is 4.83. The predicted octanol–water partition coefficient (Wildman–Crippen LogP) is 5.47. The highest BCUT2D eigenvalue weighted by Gasteiger charge is 2.27. The third-order valence-corrected chi connectivity index (χ3v) is 7.14. The second kappa shape index (κ2) is 7.31. The van der Waals surface area contributed by atoms with E-state index in [1.54, 1.807) is 11.1 Å². The molecule has 1 aliphatic carbocycles. The van der Waals surface area contributed by atoms with Crippen molar-refractivity contribution in [3.05, 3.63) is 63.4 Å². The lowest BCUT2D eigenvalue weighted by molar-refractivity contribution is 0.165. The maximum Gasteiger partial charge on any atom is 0.106 e. The number of halogens is 1. The Bertz CT molecular complexity index is 1010. The topological polar surface area (TPSA) is 21.1 Å². The van der Waals surface area contributed by atoms with Crippen molar-refractivity contribution < 1.29 is 0 Å². The van der Waals surface area contributed by atoms with Crippen molar-refractivity contribution in [3.63, 3.8) is 0 Å². The summed E-state index contributed by atoms with van der Waals surface area (Å²) < 4.78 is 3.71. The Hall–Kier alpha value is -1.65. The van der Waals surface area contributed by atoms with Gasteiger partial charge in [-0.3, -0.25) is 0 Å². The van der Waals surface area contributed by atoms with Crippen LogP contribution >= 0.6 is 15.9 Å². The molecule has 3 nitrogen and oxygen atoms in total. The molecule has 1 fully saturated rings. The van der Waals surface area contributed by atoms with E-state index in [0.29, 0.717) is 6.04 Å². The van der Waals surface area contributed by atoms with Gasteiger partial charge in [-0.25, -0.2) is 4.98 Å². The zero-order chi connectivity index (χ0) is 19.3. The van der Waals surface area contributed by atoms with E-state index in [2.05, 4.69) is 75.6 Å². The van der Waals surface area contributed by atoms with E-state index in [-0.39, 0.29) is 0 Å². The first-order valence-electron chi connectivity index (χ1n) is 10.5. The molecule has 1 saturated heterocycles. The normalized spacial score (nSPS) is 20.8. The smallest absolute Gasteiger partial charge is 0.106 e. The molecule has 3 aromatic rings. The minimum Gasteiger partial charge on any atom is -0.325 e. The summed E-state index contributed by atoms with van der Waals surface area (Å²) in [6.07, 6.45) is 4.93. The van der Waals surface area contributed by atoms with Crippen LogP contribution in [0.5, 0.6) is 0 Å². The van der Waals surface area contributed by atoms with Crippen LogP contribution < -0.4 is 0 Å². The van der Waals surface area contributed by atoms with Crippen molar-refractivity contribution in [2.75, 3.05) is 19.6 Å². The molecular formula is C24H28BrN3. The first-order chi connectivity index (χ1) is 13.6. The lowest BCUT2D eigenvalue weighted by Gasteiger charge is -2.34. The number of fused-ring (bicyclic) bond motifs is 2. The summed E-state index contributed by atoms with van der Waals surface area (Å²) in [4.78, 5) is 7.52. The summed E-state index contributed by atoms with van der Waals surface area (Å²) in [5.74, 6) is 1.94. The Kier molecular flexibility index (Phi) is 4.80. The summed E-state index contributed by atoms with van der Waals surface area (Å²) >= 11 is 3.62. The number of hydrogen-bond acceptors (Lipinski definition) is 2. The molecule has 0 unspecified atom stereocenters. The van der Waals surface area contributed by atoms with Gasteiger partial charge in [-0.15, -0.1) is 0 Å². The summed E-state index contributed by atoms with van der Waals surface area (Å²) in [5, 5.41) is 0. The highest BCUT2D eigenvalue weighted by atomic mass is 79.9. The molecular weight excluding hydrogens is 410 g/mol. The number of nitrogens with zero attached hydrogens (tertiary/aromatic N) is 3. The summed E-state index contributed by atoms with van der Waals surface area (Å²) in [6.45, 7) is 7.95. The van der Waals surface area contributed by atoms with Gasteiger partial charge >= 0.3 is 0 Å². The van der Waals surface area contributed by atoms with Crippen LogP contribution in [0.25, 0.3) is 11.0 Å². The minimum absolute atomic E-state index is 0.584. The number of rotatable bonds is 3. The first kappa shape index (κ1) is 18.4. The van der Waals surface area contributed by atoms with E-state index in [9.17, 15) is 0 Å². The summed E-state index contributed by atoms with van der Waals surface area (Å²) in [5.41, 5.74) is 6.84. The molecule has 1 aromatic heterocycles. The highest BCUT2D eigenvalue weighted by Crippen LogP contribution is 2.32. The Labute approximate surface area is 175 Å². The second-order valence-electron chi connectivity index (χ2n) is 8.74. The predicted molar refractivity (Wildman–Crippen MR) is 119 cm³/mol. The first-order valence-corrected chi connectivity index (χ1v) is 11.3. The molecule has 2 heterocycles. The van der Waals surface area contributed by atoms with E-state index >= 15 is 0 Å². The average Bonchev–Trinajstić information content (AvgIpc) is 3.21. The van der Waals surface area contributed by atoms with Crippen molar-refractivity contribution in [1.82, 2.24) is 14.5 Å². The fraction of sp³-hybridized carbons (Fsp3) is 0.458. The maximum atomic E-state index is 4.83. The van der Waals surface area contributed by atoms with Crippen LogP contribution in [0.15, 0.2) is 40.9 Å². The van der Waals surface area contributed by atoms with Gasteiger partial charge in [0.15, 0.2) is 0 Å². The second-order valence-corrected chi connectivity index (χ2v) is 9.66. The molecule has 1 aliphatic heterocycles. The number of imidazole rings is 1. The van der Waals surface area contributed by atoms with Crippen LogP contribution in [-0.4, -0.2) is 34.1 Å². The van der Waals surface area contributed by atoms with Crippen LogP contribution in [0.4, 0.5) is 0 Å². The third kappa shape index (κ3) is 3.42. The lowest BCUT2D eigenvalue weighted by atomic mass is 10.0. The van der Waals surface area contributed by atoms with Gasteiger partial charge in [-0.05, 0) is 86.4 Å². The van der Waals surface area contributed by atoms with Crippen LogP contribution in [-0.2, 0) is 12.8 Å². The van der Waals surface area contributed by atoms with E-state index in [4.69, 9.17) is 4.98 Å². The zero-order valence-electron chi connectivity index (χ0n) is 16.8. The van der Waals surface area contributed by atoms with Crippen molar-refractivity contribution in [1.29, 1.82) is 0 Å². The van der Waals surface area contributed by atoms with Gasteiger partial charge < -0.3 is 9.47 Å².